The van der Waals surface area contributed by atoms with Crippen molar-refractivity contribution in [1.29, 1.82) is 0 Å². The lowest BCUT2D eigenvalue weighted by molar-refractivity contribution is -0.0498. The molecule has 1 aromatic rings. The molecule has 0 atom stereocenters. The van der Waals surface area contributed by atoms with E-state index in [4.69, 9.17) is 16.3 Å². The van der Waals surface area contributed by atoms with Crippen molar-refractivity contribution in [2.45, 2.75) is 11.5 Å². The second-order valence-corrected chi connectivity index (χ2v) is 6.33. The topological polar surface area (TPSA) is 55.8 Å². The van der Waals surface area contributed by atoms with Gasteiger partial charge in [-0.25, -0.2) is 8.42 Å². The van der Waals surface area contributed by atoms with Crippen molar-refractivity contribution >= 4 is 21.6 Å². The van der Waals surface area contributed by atoms with Crippen molar-refractivity contribution in [2.24, 2.45) is 0 Å². The third-order valence-corrected chi connectivity index (χ3v) is 4.92. The van der Waals surface area contributed by atoms with E-state index >= 15 is 0 Å². The van der Waals surface area contributed by atoms with Gasteiger partial charge in [-0.1, -0.05) is 11.6 Å². The van der Waals surface area contributed by atoms with Crippen LogP contribution in [0.3, 0.4) is 0 Å². The van der Waals surface area contributed by atoms with Gasteiger partial charge < -0.3 is 9.47 Å². The minimum absolute atomic E-state index is 0.0639. The highest BCUT2D eigenvalue weighted by Crippen LogP contribution is 2.30. The second kappa shape index (κ2) is 6.21. The van der Waals surface area contributed by atoms with E-state index in [1.54, 1.807) is 0 Å². The number of sulfonamides is 1. The number of halogens is 3. The zero-order chi connectivity index (χ0) is 14.8. The van der Waals surface area contributed by atoms with Gasteiger partial charge in [-0.3, -0.25) is 0 Å². The van der Waals surface area contributed by atoms with Gasteiger partial charge in [0.2, 0.25) is 10.0 Å². The lowest BCUT2D eigenvalue weighted by Gasteiger charge is -2.26. The minimum atomic E-state index is -3.70. The minimum Gasteiger partial charge on any atom is -0.433 e. The highest BCUT2D eigenvalue weighted by atomic mass is 35.5. The zero-order valence-electron chi connectivity index (χ0n) is 10.3. The summed E-state index contributed by atoms with van der Waals surface area (Å²) in [6.07, 6.45) is 0. The molecule has 9 heteroatoms. The number of ether oxygens (including phenoxy) is 2. The Labute approximate surface area is 120 Å². The van der Waals surface area contributed by atoms with Gasteiger partial charge in [-0.15, -0.1) is 0 Å². The van der Waals surface area contributed by atoms with Crippen LogP contribution >= 0.6 is 11.6 Å². The molecule has 20 heavy (non-hydrogen) atoms. The van der Waals surface area contributed by atoms with Gasteiger partial charge >= 0.3 is 6.61 Å². The van der Waals surface area contributed by atoms with E-state index in [9.17, 15) is 17.2 Å². The average Bonchev–Trinajstić information content (AvgIpc) is 2.41. The zero-order valence-corrected chi connectivity index (χ0v) is 11.8. The van der Waals surface area contributed by atoms with Crippen LogP contribution in [0.25, 0.3) is 0 Å². The van der Waals surface area contributed by atoms with E-state index < -0.39 is 16.6 Å². The van der Waals surface area contributed by atoms with Gasteiger partial charge in [0.1, 0.15) is 5.75 Å². The van der Waals surface area contributed by atoms with Gasteiger partial charge in [0.15, 0.2) is 0 Å². The van der Waals surface area contributed by atoms with Crippen molar-refractivity contribution < 1.29 is 26.7 Å². The van der Waals surface area contributed by atoms with E-state index in [0.29, 0.717) is 13.2 Å². The molecule has 5 nitrogen and oxygen atoms in total. The highest BCUT2D eigenvalue weighted by molar-refractivity contribution is 7.89. The van der Waals surface area contributed by atoms with Crippen LogP contribution in [0.2, 0.25) is 5.02 Å². The molecule has 0 aliphatic carbocycles. The molecule has 2 rings (SSSR count). The molecule has 1 aliphatic rings. The summed E-state index contributed by atoms with van der Waals surface area (Å²) >= 11 is 5.75. The molecule has 0 bridgehead atoms. The summed E-state index contributed by atoms with van der Waals surface area (Å²) in [5.41, 5.74) is 0. The normalized spacial score (nSPS) is 17.4. The Kier molecular flexibility index (Phi) is 4.79. The smallest absolute Gasteiger partial charge is 0.387 e. The first kappa shape index (κ1) is 15.4. The molecular weight excluding hydrogens is 316 g/mol. The number of rotatable bonds is 4. The molecular formula is C11H12ClF2NO4S. The van der Waals surface area contributed by atoms with Gasteiger partial charge in [0.25, 0.3) is 0 Å². The Morgan fingerprint density at radius 3 is 2.50 bits per heavy atom. The standard InChI is InChI=1S/C11H12ClF2NO4S/c12-9-7-8(1-2-10(9)19-11(13)14)20(16,17)15-3-5-18-6-4-15/h1-2,7,11H,3-6H2. The molecule has 1 saturated heterocycles. The van der Waals surface area contributed by atoms with E-state index in [0.717, 1.165) is 12.1 Å². The first-order chi connectivity index (χ1) is 9.41. The van der Waals surface area contributed by atoms with Crippen LogP contribution in [0.15, 0.2) is 23.1 Å². The Hall–Kier alpha value is -0.960. The molecule has 0 aromatic heterocycles. The third kappa shape index (κ3) is 3.38. The molecule has 0 radical (unpaired) electrons. The average molecular weight is 328 g/mol. The largest absolute Gasteiger partial charge is 0.433 e. The van der Waals surface area contributed by atoms with Crippen LogP contribution in [0.5, 0.6) is 5.75 Å². The molecule has 1 aliphatic heterocycles. The van der Waals surface area contributed by atoms with Crippen molar-refractivity contribution in [3.05, 3.63) is 23.2 Å². The Morgan fingerprint density at radius 2 is 1.95 bits per heavy atom. The van der Waals surface area contributed by atoms with Gasteiger partial charge in [0, 0.05) is 13.1 Å². The van der Waals surface area contributed by atoms with E-state index in [-0.39, 0.29) is 28.8 Å². The number of benzene rings is 1. The first-order valence-corrected chi connectivity index (χ1v) is 7.55. The molecule has 1 heterocycles. The van der Waals surface area contributed by atoms with Gasteiger partial charge in [-0.05, 0) is 18.2 Å². The van der Waals surface area contributed by atoms with Crippen molar-refractivity contribution in [3.63, 3.8) is 0 Å². The maximum atomic E-state index is 12.3. The molecule has 112 valence electrons. The lowest BCUT2D eigenvalue weighted by Crippen LogP contribution is -2.40. The maximum absolute atomic E-state index is 12.3. The van der Waals surface area contributed by atoms with Crippen molar-refractivity contribution in [3.8, 4) is 5.75 Å². The quantitative estimate of drug-likeness (QED) is 0.848. The molecule has 0 spiro atoms. The summed E-state index contributed by atoms with van der Waals surface area (Å²) in [5, 5.41) is -0.181. The SMILES string of the molecule is O=S(=O)(c1ccc(OC(F)F)c(Cl)c1)N1CCOCC1. The van der Waals surface area contributed by atoms with Gasteiger partial charge in [0.05, 0.1) is 23.1 Å². The van der Waals surface area contributed by atoms with E-state index in [1.165, 1.54) is 10.4 Å². The fourth-order valence-corrected chi connectivity index (χ4v) is 3.49. The fourth-order valence-electron chi connectivity index (χ4n) is 1.77. The van der Waals surface area contributed by atoms with E-state index in [1.807, 2.05) is 0 Å². The van der Waals surface area contributed by atoms with Gasteiger partial charge in [-0.2, -0.15) is 13.1 Å². The Bertz CT molecular complexity index is 576. The Morgan fingerprint density at radius 1 is 1.30 bits per heavy atom. The number of hydrogen-bond donors (Lipinski definition) is 0. The van der Waals surface area contributed by atoms with E-state index in [2.05, 4.69) is 4.74 Å². The number of alkyl halides is 2. The molecule has 0 amide bonds. The number of morpholine rings is 1. The van der Waals surface area contributed by atoms with Crippen LogP contribution in [-0.4, -0.2) is 45.6 Å². The van der Waals surface area contributed by atoms with Crippen LogP contribution < -0.4 is 4.74 Å². The van der Waals surface area contributed by atoms with Crippen molar-refractivity contribution in [2.75, 3.05) is 26.3 Å². The summed E-state index contributed by atoms with van der Waals surface area (Å²) in [5.74, 6) is -0.261. The van der Waals surface area contributed by atoms with Crippen LogP contribution in [-0.2, 0) is 14.8 Å². The molecule has 0 N–H and O–H groups in total. The molecule has 1 fully saturated rings. The predicted molar refractivity (Wildman–Crippen MR) is 67.7 cm³/mol. The summed E-state index contributed by atoms with van der Waals surface area (Å²) < 4.78 is 59.3. The summed E-state index contributed by atoms with van der Waals surface area (Å²) in [6.45, 7) is -1.89. The summed E-state index contributed by atoms with van der Waals surface area (Å²) in [4.78, 5) is -0.0639. The lowest BCUT2D eigenvalue weighted by atomic mass is 10.3. The maximum Gasteiger partial charge on any atom is 0.387 e. The second-order valence-electron chi connectivity index (χ2n) is 3.99. The van der Waals surface area contributed by atoms with Crippen molar-refractivity contribution in [1.82, 2.24) is 4.31 Å². The predicted octanol–water partition coefficient (Wildman–Crippen LogP) is 1.96. The third-order valence-electron chi connectivity index (χ3n) is 2.73. The molecule has 1 aromatic carbocycles. The van der Waals surface area contributed by atoms with Crippen LogP contribution in [0, 0.1) is 0 Å². The Balaban J connectivity index is 2.26. The fraction of sp³-hybridized carbons (Fsp3) is 0.455. The van der Waals surface area contributed by atoms with Crippen LogP contribution in [0.4, 0.5) is 8.78 Å². The molecule has 0 unspecified atom stereocenters. The monoisotopic (exact) mass is 327 g/mol. The highest BCUT2D eigenvalue weighted by Gasteiger charge is 2.27. The summed E-state index contributed by atoms with van der Waals surface area (Å²) in [7, 11) is -3.70. The molecule has 0 saturated carbocycles. The first-order valence-electron chi connectivity index (χ1n) is 5.73. The summed E-state index contributed by atoms with van der Waals surface area (Å²) in [6, 6.07) is 3.40. The van der Waals surface area contributed by atoms with Crippen LogP contribution in [0.1, 0.15) is 0 Å². The number of nitrogens with zero attached hydrogens (tertiary/aromatic N) is 1. The number of hydrogen-bond acceptors (Lipinski definition) is 4.